The molecule has 4 aromatic rings. The Bertz CT molecular complexity index is 1830. The summed E-state index contributed by atoms with van der Waals surface area (Å²) in [5.74, 6) is 2.57. The van der Waals surface area contributed by atoms with Gasteiger partial charge >= 0.3 is 0 Å². The fourth-order valence-electron chi connectivity index (χ4n) is 5.99. The van der Waals surface area contributed by atoms with Crippen LogP contribution in [0.15, 0.2) is 59.2 Å². The number of methoxy groups -OCH3 is 1. The van der Waals surface area contributed by atoms with Crippen LogP contribution in [0.5, 0.6) is 17.2 Å². The van der Waals surface area contributed by atoms with Crippen molar-refractivity contribution in [3.8, 4) is 22.9 Å². The van der Waals surface area contributed by atoms with E-state index in [2.05, 4.69) is 15.6 Å². The minimum Gasteiger partial charge on any atom is -0.618 e. The summed E-state index contributed by atoms with van der Waals surface area (Å²) >= 11 is 12.4. The van der Waals surface area contributed by atoms with Crippen molar-refractivity contribution in [2.24, 2.45) is 5.92 Å². The maximum atomic E-state index is 13.4. The normalized spacial score (nSPS) is 16.0. The number of fused-ring (bicyclic) bond motifs is 3. The van der Waals surface area contributed by atoms with Gasteiger partial charge in [0, 0.05) is 11.6 Å². The number of allylic oxidation sites excluding steroid dienone is 2. The summed E-state index contributed by atoms with van der Waals surface area (Å²) < 4.78 is 22.3. The average molecular weight is 638 g/mol. The summed E-state index contributed by atoms with van der Waals surface area (Å²) in [6, 6.07) is 10.3. The number of rotatable bonds is 10. The standard InChI is InChI=1S/C33H34Cl2N4O5/c1-21-36-27-12-11-24(17-25(27)33(40)39(21)29-13-10-23(34)16-26(29)35)43-14-6-3-7-15-44-31-20-37-18-22-8-4-5-9-28(22)38(41)19-30(37)32(31)42-2/h9-13,16-17,19-20,22H,3-8,14-15,18H2,1-2H3/t22-/m0/s1. The Labute approximate surface area is 265 Å². The number of ether oxygens (including phenoxy) is 3. The van der Waals surface area contributed by atoms with Gasteiger partial charge < -0.3 is 24.0 Å². The van der Waals surface area contributed by atoms with Gasteiger partial charge in [0.2, 0.25) is 6.21 Å². The topological polar surface area (TPSA) is 93.6 Å². The lowest BCUT2D eigenvalue weighted by Gasteiger charge is -2.20. The van der Waals surface area contributed by atoms with Gasteiger partial charge in [0.05, 0.1) is 54.1 Å². The zero-order valence-corrected chi connectivity index (χ0v) is 26.2. The number of halogens is 2. The highest BCUT2D eigenvalue weighted by molar-refractivity contribution is 6.35. The van der Waals surface area contributed by atoms with Gasteiger partial charge in [-0.15, -0.1) is 0 Å². The summed E-state index contributed by atoms with van der Waals surface area (Å²) in [6.45, 7) is 3.52. The van der Waals surface area contributed by atoms with Gasteiger partial charge in [-0.1, -0.05) is 23.2 Å². The van der Waals surface area contributed by atoms with Crippen LogP contribution >= 0.6 is 23.2 Å². The highest BCUT2D eigenvalue weighted by atomic mass is 35.5. The van der Waals surface area contributed by atoms with E-state index >= 15 is 0 Å². The van der Waals surface area contributed by atoms with Gasteiger partial charge in [0.25, 0.3) is 5.56 Å². The number of unbranched alkanes of at least 4 members (excludes halogenated alkanes) is 2. The molecule has 0 amide bonds. The number of aromatic nitrogens is 3. The third-order valence-electron chi connectivity index (χ3n) is 8.16. The van der Waals surface area contributed by atoms with Crippen LogP contribution in [-0.2, 0) is 6.54 Å². The molecule has 0 fully saturated rings. The number of aryl methyl sites for hydroxylation is 1. The van der Waals surface area contributed by atoms with Crippen molar-refractivity contribution in [1.29, 1.82) is 0 Å². The van der Waals surface area contributed by atoms with Crippen LogP contribution in [0.3, 0.4) is 0 Å². The SMILES string of the molecule is COc1c(OCCCCCOc2ccc3nc(C)n(-c4ccc(Cl)cc4Cl)c(=O)c3c2)cn2c1C=[N+]([O-])C1=CCCC[C@H]1C2. The molecule has 0 radical (unpaired) electrons. The van der Waals surface area contributed by atoms with E-state index in [1.54, 1.807) is 50.6 Å². The summed E-state index contributed by atoms with van der Waals surface area (Å²) in [6.07, 6.45) is 11.2. The number of hydrogen-bond acceptors (Lipinski definition) is 6. The van der Waals surface area contributed by atoms with Crippen LogP contribution in [0.2, 0.25) is 10.0 Å². The van der Waals surface area contributed by atoms with Crippen molar-refractivity contribution >= 4 is 40.3 Å². The summed E-state index contributed by atoms with van der Waals surface area (Å²) in [5.41, 5.74) is 2.48. The molecule has 2 aromatic carbocycles. The number of hydroxylamine groups is 1. The average Bonchev–Trinajstić information content (AvgIpc) is 3.25. The fraction of sp³-hybridized carbons (Fsp3) is 0.364. The fourth-order valence-corrected chi connectivity index (χ4v) is 6.48. The van der Waals surface area contributed by atoms with E-state index in [9.17, 15) is 10.0 Å². The Kier molecular flexibility index (Phi) is 8.86. The van der Waals surface area contributed by atoms with Gasteiger partial charge in [-0.05, 0) is 87.9 Å². The molecule has 1 aliphatic heterocycles. The first-order chi connectivity index (χ1) is 21.3. The molecule has 230 valence electrons. The minimum absolute atomic E-state index is 0.203. The molecule has 2 aliphatic rings. The van der Waals surface area contributed by atoms with E-state index in [-0.39, 0.29) is 11.5 Å². The summed E-state index contributed by atoms with van der Waals surface area (Å²) in [4.78, 5) is 18.0. The quantitative estimate of drug-likeness (QED) is 0.105. The molecule has 11 heteroatoms. The molecule has 3 heterocycles. The van der Waals surface area contributed by atoms with Crippen molar-refractivity contribution in [3.63, 3.8) is 0 Å². The zero-order chi connectivity index (χ0) is 30.8. The lowest BCUT2D eigenvalue weighted by molar-refractivity contribution is -0.406. The van der Waals surface area contributed by atoms with E-state index in [0.29, 0.717) is 62.9 Å². The van der Waals surface area contributed by atoms with Crippen molar-refractivity contribution in [1.82, 2.24) is 14.1 Å². The molecule has 6 rings (SSSR count). The van der Waals surface area contributed by atoms with Crippen LogP contribution < -0.4 is 19.8 Å². The van der Waals surface area contributed by atoms with Gasteiger partial charge in [-0.3, -0.25) is 9.36 Å². The highest BCUT2D eigenvalue weighted by Crippen LogP contribution is 2.37. The van der Waals surface area contributed by atoms with Gasteiger partial charge in [0.15, 0.2) is 22.9 Å². The summed E-state index contributed by atoms with van der Waals surface area (Å²) in [7, 11) is 1.60. The predicted octanol–water partition coefficient (Wildman–Crippen LogP) is 7.07. The Morgan fingerprint density at radius 3 is 2.70 bits per heavy atom. The first-order valence-corrected chi connectivity index (χ1v) is 15.6. The molecule has 0 N–H and O–H groups in total. The molecule has 1 atom stereocenters. The van der Waals surface area contributed by atoms with Gasteiger partial charge in [0.1, 0.15) is 11.6 Å². The largest absolute Gasteiger partial charge is 0.618 e. The second-order valence-corrected chi connectivity index (χ2v) is 12.0. The number of nitrogens with zero attached hydrogens (tertiary/aromatic N) is 4. The van der Waals surface area contributed by atoms with Gasteiger partial charge in [-0.2, -0.15) is 4.74 Å². The van der Waals surface area contributed by atoms with E-state index in [0.717, 1.165) is 61.2 Å². The molecular formula is C33H34Cl2N4O5. The lowest BCUT2D eigenvalue weighted by atomic mass is 9.92. The molecule has 9 nitrogen and oxygen atoms in total. The predicted molar refractivity (Wildman–Crippen MR) is 172 cm³/mol. The molecule has 0 bridgehead atoms. The van der Waals surface area contributed by atoms with Crippen LogP contribution in [0.4, 0.5) is 0 Å². The summed E-state index contributed by atoms with van der Waals surface area (Å²) in [5, 5.41) is 14.1. The van der Waals surface area contributed by atoms with E-state index in [1.165, 1.54) is 4.57 Å². The van der Waals surface area contributed by atoms with E-state index in [4.69, 9.17) is 37.4 Å². The molecule has 44 heavy (non-hydrogen) atoms. The Morgan fingerprint density at radius 1 is 1.09 bits per heavy atom. The highest BCUT2D eigenvalue weighted by Gasteiger charge is 2.31. The van der Waals surface area contributed by atoms with Crippen LogP contribution in [-0.4, -0.2) is 45.4 Å². The molecular weight excluding hydrogens is 603 g/mol. The van der Waals surface area contributed by atoms with E-state index in [1.807, 2.05) is 12.3 Å². The third-order valence-corrected chi connectivity index (χ3v) is 8.69. The molecule has 0 unspecified atom stereocenters. The van der Waals surface area contributed by atoms with Gasteiger partial charge in [-0.25, -0.2) is 4.98 Å². The Hall–Kier alpha value is -3.95. The Balaban J connectivity index is 1.04. The molecule has 0 spiro atoms. The second-order valence-electron chi connectivity index (χ2n) is 11.1. The maximum Gasteiger partial charge on any atom is 0.266 e. The third kappa shape index (κ3) is 6.03. The maximum absolute atomic E-state index is 13.4. The van der Waals surface area contributed by atoms with Crippen molar-refractivity contribution < 1.29 is 18.9 Å². The molecule has 2 aromatic heterocycles. The Morgan fingerprint density at radius 2 is 1.91 bits per heavy atom. The van der Waals surface area contributed by atoms with Crippen LogP contribution in [0, 0.1) is 18.0 Å². The van der Waals surface area contributed by atoms with Crippen molar-refractivity contribution in [2.75, 3.05) is 20.3 Å². The molecule has 0 saturated carbocycles. The van der Waals surface area contributed by atoms with E-state index < -0.39 is 0 Å². The first-order valence-electron chi connectivity index (χ1n) is 14.9. The molecule has 0 saturated heterocycles. The molecule has 1 aliphatic carbocycles. The van der Waals surface area contributed by atoms with Crippen LogP contribution in [0.1, 0.15) is 50.0 Å². The van der Waals surface area contributed by atoms with Crippen LogP contribution in [0.25, 0.3) is 16.6 Å². The minimum atomic E-state index is -0.228. The number of hydrogen-bond donors (Lipinski definition) is 0. The second kappa shape index (κ2) is 13.0. The lowest BCUT2D eigenvalue weighted by Crippen LogP contribution is -2.22. The smallest absolute Gasteiger partial charge is 0.266 e. The van der Waals surface area contributed by atoms with Crippen molar-refractivity contribution in [3.05, 3.63) is 91.5 Å². The zero-order valence-electron chi connectivity index (χ0n) is 24.7. The van der Waals surface area contributed by atoms with Crippen molar-refractivity contribution in [2.45, 2.75) is 52.0 Å². The number of benzene rings is 2. The first kappa shape index (κ1) is 30.1. The monoisotopic (exact) mass is 636 g/mol.